The summed E-state index contributed by atoms with van der Waals surface area (Å²) in [7, 11) is 0. The van der Waals surface area contributed by atoms with E-state index in [1.807, 2.05) is 0 Å². The lowest BCUT2D eigenvalue weighted by molar-refractivity contribution is -0.137. The average Bonchev–Trinajstić information content (AvgIpc) is 3.02. The van der Waals surface area contributed by atoms with Gasteiger partial charge in [-0.25, -0.2) is 4.79 Å². The Morgan fingerprint density at radius 3 is 2.36 bits per heavy atom. The largest absolute Gasteiger partial charge is 0.480 e. The van der Waals surface area contributed by atoms with Crippen LogP contribution in [0.4, 0.5) is 0 Å². The Morgan fingerprint density at radius 2 is 1.68 bits per heavy atom. The molecule has 3 aromatic rings. The molecule has 8 nitrogen and oxygen atoms in total. The molecule has 4 rings (SSSR count). The summed E-state index contributed by atoms with van der Waals surface area (Å²) >= 11 is 0. The molecule has 0 spiro atoms. The minimum Gasteiger partial charge on any atom is -0.480 e. The van der Waals surface area contributed by atoms with Crippen LogP contribution in [0.2, 0.25) is 0 Å². The second-order valence-electron chi connectivity index (χ2n) is 5.65. The first-order chi connectivity index (χ1) is 11.9. The molecule has 1 aliphatic heterocycles. The van der Waals surface area contributed by atoms with Crippen LogP contribution in [0.1, 0.15) is 31.1 Å². The first kappa shape index (κ1) is 14.9. The molecule has 1 aromatic heterocycles. The van der Waals surface area contributed by atoms with Crippen molar-refractivity contribution in [3.63, 3.8) is 0 Å². The molecule has 0 fully saturated rings. The van der Waals surface area contributed by atoms with E-state index >= 15 is 0 Å². The SMILES string of the molecule is O=C(O)Cn1c2ccccc2c2c3c(c(C(=O)O)cc21)C(=O)NC3=O. The molecular weight excluding hydrogens is 328 g/mol. The fourth-order valence-electron chi connectivity index (χ4n) is 3.37. The average molecular weight is 338 g/mol. The number of aromatic carboxylic acids is 1. The number of amides is 2. The quantitative estimate of drug-likeness (QED) is 0.621. The van der Waals surface area contributed by atoms with E-state index in [0.717, 1.165) is 0 Å². The van der Waals surface area contributed by atoms with Crippen molar-refractivity contribution >= 4 is 45.6 Å². The molecule has 8 heteroatoms. The maximum absolute atomic E-state index is 12.3. The van der Waals surface area contributed by atoms with Crippen LogP contribution in [-0.4, -0.2) is 38.5 Å². The number of aromatic nitrogens is 1. The topological polar surface area (TPSA) is 126 Å². The van der Waals surface area contributed by atoms with Gasteiger partial charge in [-0.2, -0.15) is 0 Å². The van der Waals surface area contributed by atoms with Gasteiger partial charge in [-0.05, 0) is 12.1 Å². The molecule has 2 heterocycles. The molecule has 2 amide bonds. The lowest BCUT2D eigenvalue weighted by atomic mass is 9.97. The molecule has 25 heavy (non-hydrogen) atoms. The Kier molecular flexibility index (Phi) is 2.92. The standard InChI is InChI=1S/C17H10N2O6/c20-11(21)6-19-9-4-2-1-3-7(9)12-10(19)5-8(17(24)25)13-14(12)16(23)18-15(13)22/h1-5H,6H2,(H,20,21)(H,24,25)(H,18,22,23). The number of carboxylic acids is 2. The summed E-state index contributed by atoms with van der Waals surface area (Å²) in [6.45, 7) is -0.405. The molecule has 0 saturated heterocycles. The highest BCUT2D eigenvalue weighted by Gasteiger charge is 2.35. The van der Waals surface area contributed by atoms with Gasteiger partial charge in [0.2, 0.25) is 0 Å². The summed E-state index contributed by atoms with van der Waals surface area (Å²) in [5.74, 6) is -3.93. The van der Waals surface area contributed by atoms with Gasteiger partial charge in [-0.15, -0.1) is 0 Å². The van der Waals surface area contributed by atoms with Gasteiger partial charge in [0.1, 0.15) is 6.54 Å². The zero-order valence-corrected chi connectivity index (χ0v) is 12.6. The van der Waals surface area contributed by atoms with Gasteiger partial charge in [-0.1, -0.05) is 18.2 Å². The summed E-state index contributed by atoms with van der Waals surface area (Å²) in [6.07, 6.45) is 0. The normalized spacial score (nSPS) is 13.3. The maximum atomic E-state index is 12.3. The van der Waals surface area contributed by atoms with Crippen LogP contribution >= 0.6 is 0 Å². The number of rotatable bonds is 3. The maximum Gasteiger partial charge on any atom is 0.336 e. The summed E-state index contributed by atoms with van der Waals surface area (Å²) in [6, 6.07) is 8.06. The highest BCUT2D eigenvalue weighted by Crippen LogP contribution is 2.37. The van der Waals surface area contributed by atoms with E-state index < -0.39 is 30.3 Å². The molecule has 0 aliphatic carbocycles. The lowest BCUT2D eigenvalue weighted by Crippen LogP contribution is -2.20. The Balaban J connectivity index is 2.28. The predicted octanol–water partition coefficient (Wildman–Crippen LogP) is 1.46. The number of hydrogen-bond acceptors (Lipinski definition) is 4. The van der Waals surface area contributed by atoms with Crippen molar-refractivity contribution < 1.29 is 29.4 Å². The fourth-order valence-corrected chi connectivity index (χ4v) is 3.37. The van der Waals surface area contributed by atoms with Crippen LogP contribution in [0.15, 0.2) is 30.3 Å². The van der Waals surface area contributed by atoms with Gasteiger partial charge in [0.15, 0.2) is 0 Å². The number of hydrogen-bond donors (Lipinski definition) is 3. The molecule has 0 saturated carbocycles. The summed E-state index contributed by atoms with van der Waals surface area (Å²) in [5, 5.41) is 21.7. The van der Waals surface area contributed by atoms with Crippen molar-refractivity contribution in [3.05, 3.63) is 47.0 Å². The van der Waals surface area contributed by atoms with Gasteiger partial charge < -0.3 is 14.8 Å². The number of carbonyl (C=O) groups is 4. The first-order valence-electron chi connectivity index (χ1n) is 7.29. The van der Waals surface area contributed by atoms with Gasteiger partial charge in [-0.3, -0.25) is 19.7 Å². The van der Waals surface area contributed by atoms with E-state index in [4.69, 9.17) is 0 Å². The van der Waals surface area contributed by atoms with Crippen LogP contribution < -0.4 is 5.32 Å². The third kappa shape index (κ3) is 1.94. The van der Waals surface area contributed by atoms with E-state index in [-0.39, 0.29) is 22.2 Å². The minimum absolute atomic E-state index is 0.0276. The third-order valence-electron chi connectivity index (χ3n) is 4.27. The number of para-hydroxylation sites is 1. The number of nitrogens with one attached hydrogen (secondary N) is 1. The van der Waals surface area contributed by atoms with Crippen molar-refractivity contribution in [2.24, 2.45) is 0 Å². The van der Waals surface area contributed by atoms with Crippen LogP contribution in [0, 0.1) is 0 Å². The van der Waals surface area contributed by atoms with Gasteiger partial charge in [0.25, 0.3) is 11.8 Å². The number of benzene rings is 2. The molecule has 124 valence electrons. The molecular formula is C17H10N2O6. The zero-order chi connectivity index (χ0) is 17.9. The highest BCUT2D eigenvalue weighted by molar-refractivity contribution is 6.32. The smallest absolute Gasteiger partial charge is 0.336 e. The first-order valence-corrected chi connectivity index (χ1v) is 7.29. The molecule has 0 radical (unpaired) electrons. The van der Waals surface area contributed by atoms with Crippen LogP contribution in [0.5, 0.6) is 0 Å². The Labute approximate surface area is 139 Å². The monoisotopic (exact) mass is 338 g/mol. The lowest BCUT2D eigenvalue weighted by Gasteiger charge is -2.07. The molecule has 0 bridgehead atoms. The van der Waals surface area contributed by atoms with Crippen molar-refractivity contribution in [3.8, 4) is 0 Å². The van der Waals surface area contributed by atoms with E-state index in [1.165, 1.54) is 10.6 Å². The molecule has 2 aromatic carbocycles. The summed E-state index contributed by atoms with van der Waals surface area (Å²) in [4.78, 5) is 47.2. The predicted molar refractivity (Wildman–Crippen MR) is 85.8 cm³/mol. The minimum atomic E-state index is -1.37. The number of imide groups is 1. The third-order valence-corrected chi connectivity index (χ3v) is 4.27. The van der Waals surface area contributed by atoms with Gasteiger partial charge in [0.05, 0.1) is 22.2 Å². The number of carboxylic acid groups (broad SMARTS) is 2. The molecule has 1 aliphatic rings. The molecule has 0 unspecified atom stereocenters. The Hall–Kier alpha value is -3.68. The molecule has 0 atom stereocenters. The fraction of sp³-hybridized carbons (Fsp3) is 0.0588. The van der Waals surface area contributed by atoms with Crippen LogP contribution in [0.25, 0.3) is 21.8 Å². The second kappa shape index (κ2) is 4.91. The number of nitrogens with zero attached hydrogens (tertiary/aromatic N) is 1. The summed E-state index contributed by atoms with van der Waals surface area (Å²) in [5.41, 5.74) is 0.269. The Morgan fingerprint density at radius 1 is 1.00 bits per heavy atom. The Bertz CT molecular complexity index is 1140. The highest BCUT2D eigenvalue weighted by atomic mass is 16.4. The zero-order valence-electron chi connectivity index (χ0n) is 12.6. The van der Waals surface area contributed by atoms with E-state index in [9.17, 15) is 29.4 Å². The van der Waals surface area contributed by atoms with E-state index in [2.05, 4.69) is 5.32 Å². The van der Waals surface area contributed by atoms with Crippen molar-refractivity contribution in [2.45, 2.75) is 6.54 Å². The second-order valence-corrected chi connectivity index (χ2v) is 5.65. The van der Waals surface area contributed by atoms with Crippen molar-refractivity contribution in [1.82, 2.24) is 9.88 Å². The molecule has 3 N–H and O–H groups in total. The van der Waals surface area contributed by atoms with Crippen molar-refractivity contribution in [1.29, 1.82) is 0 Å². The van der Waals surface area contributed by atoms with Crippen LogP contribution in [-0.2, 0) is 11.3 Å². The van der Waals surface area contributed by atoms with Crippen molar-refractivity contribution in [2.75, 3.05) is 0 Å². The number of fused-ring (bicyclic) bond motifs is 5. The van der Waals surface area contributed by atoms with E-state index in [1.54, 1.807) is 24.3 Å². The number of carbonyl (C=O) groups excluding carboxylic acids is 2. The van der Waals surface area contributed by atoms with Crippen LogP contribution in [0.3, 0.4) is 0 Å². The van der Waals surface area contributed by atoms with Gasteiger partial charge in [0, 0.05) is 16.3 Å². The summed E-state index contributed by atoms with van der Waals surface area (Å²) < 4.78 is 1.43. The van der Waals surface area contributed by atoms with E-state index in [0.29, 0.717) is 16.3 Å². The van der Waals surface area contributed by atoms with Gasteiger partial charge >= 0.3 is 11.9 Å². The number of aliphatic carboxylic acids is 1.